The summed E-state index contributed by atoms with van der Waals surface area (Å²) in [6, 6.07) is 4.18. The highest BCUT2D eigenvalue weighted by atomic mass is 35.5. The van der Waals surface area contributed by atoms with Crippen LogP contribution in [0.4, 0.5) is 5.82 Å². The van der Waals surface area contributed by atoms with Gasteiger partial charge in [-0.2, -0.15) is 0 Å². The van der Waals surface area contributed by atoms with Crippen molar-refractivity contribution in [2.24, 2.45) is 0 Å². The average Bonchev–Trinajstić information content (AvgIpc) is 2.40. The van der Waals surface area contributed by atoms with E-state index < -0.39 is 0 Å². The number of halogens is 2. The van der Waals surface area contributed by atoms with E-state index in [4.69, 9.17) is 27.9 Å². The predicted molar refractivity (Wildman–Crippen MR) is 77.8 cm³/mol. The minimum absolute atomic E-state index is 0.325. The molecule has 0 amide bonds. The lowest BCUT2D eigenvalue weighted by Crippen LogP contribution is -2.36. The second-order valence-corrected chi connectivity index (χ2v) is 4.85. The zero-order chi connectivity index (χ0) is 13.5. The summed E-state index contributed by atoms with van der Waals surface area (Å²) in [5, 5.41) is 0.615. The van der Waals surface area contributed by atoms with Crippen molar-refractivity contribution in [3.05, 3.63) is 22.8 Å². The van der Waals surface area contributed by atoms with Gasteiger partial charge >= 0.3 is 0 Å². The lowest BCUT2D eigenvalue weighted by Gasteiger charge is -2.29. The van der Waals surface area contributed by atoms with Gasteiger partial charge < -0.3 is 9.64 Å². The molecule has 0 N–H and O–H groups in total. The van der Waals surface area contributed by atoms with Crippen molar-refractivity contribution in [1.82, 2.24) is 4.98 Å². The van der Waals surface area contributed by atoms with Crippen LogP contribution in [0.25, 0.3) is 0 Å². The van der Waals surface area contributed by atoms with Crippen molar-refractivity contribution in [2.75, 3.05) is 25.2 Å². The monoisotopic (exact) mass is 290 g/mol. The van der Waals surface area contributed by atoms with Crippen LogP contribution in [0, 0.1) is 0 Å². The molecule has 3 nitrogen and oxygen atoms in total. The molecule has 0 aliphatic heterocycles. The van der Waals surface area contributed by atoms with Gasteiger partial charge in [0, 0.05) is 19.7 Å². The molecule has 0 radical (unpaired) electrons. The topological polar surface area (TPSA) is 25.4 Å². The lowest BCUT2D eigenvalue weighted by atomic mass is 10.2. The molecule has 0 saturated carbocycles. The molecule has 0 spiro atoms. The molecule has 0 aliphatic rings. The number of hydrogen-bond acceptors (Lipinski definition) is 3. The molecule has 0 fully saturated rings. The van der Waals surface area contributed by atoms with Gasteiger partial charge in [-0.25, -0.2) is 4.98 Å². The second kappa shape index (κ2) is 7.82. The van der Waals surface area contributed by atoms with Crippen LogP contribution < -0.4 is 4.90 Å². The first-order valence-electron chi connectivity index (χ1n) is 6.11. The van der Waals surface area contributed by atoms with Crippen LogP contribution in [0.1, 0.15) is 26.0 Å². The maximum atomic E-state index is 6.03. The van der Waals surface area contributed by atoms with Gasteiger partial charge in [0.05, 0.1) is 23.2 Å². The number of pyridine rings is 1. The van der Waals surface area contributed by atoms with E-state index in [0.717, 1.165) is 24.5 Å². The Morgan fingerprint density at radius 3 is 2.72 bits per heavy atom. The van der Waals surface area contributed by atoms with Crippen LogP contribution >= 0.6 is 23.2 Å². The second-order valence-electron chi connectivity index (χ2n) is 4.18. The molecule has 1 aromatic heterocycles. The first-order valence-corrected chi connectivity index (χ1v) is 7.02. The molecular formula is C13H20Cl2N2O. The lowest BCUT2D eigenvalue weighted by molar-refractivity contribution is 0.203. The fourth-order valence-corrected chi connectivity index (χ4v) is 2.14. The van der Waals surface area contributed by atoms with Crippen LogP contribution in [-0.4, -0.2) is 31.3 Å². The summed E-state index contributed by atoms with van der Waals surface area (Å²) in [6.07, 6.45) is 1.05. The Bertz CT molecular complexity index is 374. The summed E-state index contributed by atoms with van der Waals surface area (Å²) < 4.78 is 5.15. The number of ether oxygens (including phenoxy) is 1. The van der Waals surface area contributed by atoms with Crippen molar-refractivity contribution in [3.63, 3.8) is 0 Å². The molecule has 0 aliphatic carbocycles. The van der Waals surface area contributed by atoms with Crippen LogP contribution in [-0.2, 0) is 10.6 Å². The molecule has 1 heterocycles. The van der Waals surface area contributed by atoms with Crippen LogP contribution in [0.15, 0.2) is 12.1 Å². The summed E-state index contributed by atoms with van der Waals surface area (Å²) >= 11 is 11.9. The molecule has 1 unspecified atom stereocenters. The van der Waals surface area contributed by atoms with E-state index in [1.165, 1.54) is 0 Å². The first-order chi connectivity index (χ1) is 8.63. The molecule has 0 bridgehead atoms. The standard InChI is InChI=1S/C13H20Cl2N2O/c1-4-10(2)17(7-8-18-3)13-6-5-11(15)12(9-14)16-13/h5-6,10H,4,7-9H2,1-3H3. The minimum Gasteiger partial charge on any atom is -0.383 e. The maximum Gasteiger partial charge on any atom is 0.129 e. The Kier molecular flexibility index (Phi) is 6.76. The van der Waals surface area contributed by atoms with Crippen molar-refractivity contribution < 1.29 is 4.74 Å². The highest BCUT2D eigenvalue weighted by Gasteiger charge is 2.15. The van der Waals surface area contributed by atoms with E-state index in [9.17, 15) is 0 Å². The highest BCUT2D eigenvalue weighted by Crippen LogP contribution is 2.22. The van der Waals surface area contributed by atoms with E-state index in [1.807, 2.05) is 12.1 Å². The number of rotatable bonds is 7. The summed E-state index contributed by atoms with van der Waals surface area (Å²) in [7, 11) is 1.70. The largest absolute Gasteiger partial charge is 0.383 e. The summed E-state index contributed by atoms with van der Waals surface area (Å²) in [5.41, 5.74) is 0.724. The molecular weight excluding hydrogens is 271 g/mol. The Balaban J connectivity index is 2.96. The quantitative estimate of drug-likeness (QED) is 0.716. The van der Waals surface area contributed by atoms with Crippen molar-refractivity contribution in [1.29, 1.82) is 0 Å². The zero-order valence-corrected chi connectivity index (χ0v) is 12.6. The van der Waals surface area contributed by atoms with Crippen molar-refractivity contribution in [2.45, 2.75) is 32.2 Å². The average molecular weight is 291 g/mol. The van der Waals surface area contributed by atoms with Gasteiger partial charge in [-0.1, -0.05) is 18.5 Å². The van der Waals surface area contributed by atoms with Gasteiger partial charge in [0.25, 0.3) is 0 Å². The summed E-state index contributed by atoms with van der Waals surface area (Å²) in [4.78, 5) is 6.74. The van der Waals surface area contributed by atoms with E-state index >= 15 is 0 Å². The fraction of sp³-hybridized carbons (Fsp3) is 0.615. The highest BCUT2D eigenvalue weighted by molar-refractivity contribution is 6.32. The van der Waals surface area contributed by atoms with Gasteiger partial charge in [-0.15, -0.1) is 11.6 Å². The third kappa shape index (κ3) is 4.01. The SMILES string of the molecule is CCC(C)N(CCOC)c1ccc(Cl)c(CCl)n1. The molecule has 102 valence electrons. The van der Waals surface area contributed by atoms with Crippen LogP contribution in [0.5, 0.6) is 0 Å². The van der Waals surface area contributed by atoms with E-state index in [0.29, 0.717) is 23.6 Å². The molecule has 1 aromatic rings. The third-order valence-electron chi connectivity index (χ3n) is 2.98. The number of alkyl halides is 1. The predicted octanol–water partition coefficient (Wildman–Crippen LogP) is 3.73. The Morgan fingerprint density at radius 2 is 2.17 bits per heavy atom. The van der Waals surface area contributed by atoms with Gasteiger partial charge in [-0.05, 0) is 25.5 Å². The summed E-state index contributed by atoms with van der Waals surface area (Å²) in [6.45, 7) is 5.81. The van der Waals surface area contributed by atoms with E-state index in [2.05, 4.69) is 23.7 Å². The molecule has 18 heavy (non-hydrogen) atoms. The number of anilines is 1. The third-order valence-corrected chi connectivity index (χ3v) is 3.58. The van der Waals surface area contributed by atoms with Crippen LogP contribution in [0.3, 0.4) is 0 Å². The molecule has 1 atom stereocenters. The smallest absolute Gasteiger partial charge is 0.129 e. The zero-order valence-electron chi connectivity index (χ0n) is 11.1. The number of methoxy groups -OCH3 is 1. The first kappa shape index (κ1) is 15.5. The number of aromatic nitrogens is 1. The summed E-state index contributed by atoms with van der Waals surface area (Å²) in [5.74, 6) is 1.23. The molecule has 0 aromatic carbocycles. The van der Waals surface area contributed by atoms with Gasteiger partial charge in [0.15, 0.2) is 0 Å². The molecule has 0 saturated heterocycles. The fourth-order valence-electron chi connectivity index (χ4n) is 1.70. The Morgan fingerprint density at radius 1 is 1.44 bits per heavy atom. The number of nitrogens with zero attached hydrogens (tertiary/aromatic N) is 2. The van der Waals surface area contributed by atoms with Crippen molar-refractivity contribution in [3.8, 4) is 0 Å². The van der Waals surface area contributed by atoms with Crippen molar-refractivity contribution >= 4 is 29.0 Å². The van der Waals surface area contributed by atoms with Gasteiger partial charge in [-0.3, -0.25) is 0 Å². The van der Waals surface area contributed by atoms with E-state index in [1.54, 1.807) is 7.11 Å². The number of hydrogen-bond donors (Lipinski definition) is 0. The van der Waals surface area contributed by atoms with Gasteiger partial charge in [0.1, 0.15) is 5.82 Å². The Hall–Kier alpha value is -0.510. The minimum atomic E-state index is 0.325. The molecule has 1 rings (SSSR count). The maximum absolute atomic E-state index is 6.03. The Labute approximate surface area is 119 Å². The van der Waals surface area contributed by atoms with Gasteiger partial charge in [0.2, 0.25) is 0 Å². The van der Waals surface area contributed by atoms with E-state index in [-0.39, 0.29) is 0 Å². The van der Waals surface area contributed by atoms with Crippen LogP contribution in [0.2, 0.25) is 5.02 Å². The molecule has 5 heteroatoms. The normalized spacial score (nSPS) is 12.5.